The maximum Gasteiger partial charge on any atom is 0.416 e. The summed E-state index contributed by atoms with van der Waals surface area (Å²) in [5, 5.41) is 2.59. The van der Waals surface area contributed by atoms with Crippen molar-refractivity contribution in [2.75, 3.05) is 0 Å². The highest BCUT2D eigenvalue weighted by atomic mass is 19.4. The van der Waals surface area contributed by atoms with Crippen molar-refractivity contribution in [3.8, 4) is 0 Å². The summed E-state index contributed by atoms with van der Waals surface area (Å²) in [6.07, 6.45) is -2.80. The molecule has 0 spiro atoms. The summed E-state index contributed by atoms with van der Waals surface area (Å²) >= 11 is 0. The zero-order valence-electron chi connectivity index (χ0n) is 10.3. The van der Waals surface area contributed by atoms with Crippen molar-refractivity contribution in [1.29, 1.82) is 0 Å². The van der Waals surface area contributed by atoms with Gasteiger partial charge in [-0.25, -0.2) is 0 Å². The topological polar surface area (TPSA) is 42.0 Å². The Morgan fingerprint density at radius 3 is 2.35 bits per heavy atom. The van der Waals surface area contributed by atoms with Crippen LogP contribution in [0.1, 0.15) is 21.6 Å². The number of aromatic nitrogens is 1. The van der Waals surface area contributed by atoms with Crippen molar-refractivity contribution in [1.82, 2.24) is 10.3 Å². The molecule has 6 heteroatoms. The second kappa shape index (κ2) is 5.73. The van der Waals surface area contributed by atoms with Crippen molar-refractivity contribution in [2.45, 2.75) is 12.7 Å². The Morgan fingerprint density at radius 2 is 1.80 bits per heavy atom. The lowest BCUT2D eigenvalue weighted by Crippen LogP contribution is -2.23. The van der Waals surface area contributed by atoms with E-state index in [1.54, 1.807) is 24.4 Å². The van der Waals surface area contributed by atoms with Gasteiger partial charge in [0.25, 0.3) is 5.91 Å². The van der Waals surface area contributed by atoms with Crippen molar-refractivity contribution in [3.63, 3.8) is 0 Å². The van der Waals surface area contributed by atoms with Gasteiger partial charge in [0.15, 0.2) is 0 Å². The number of nitrogens with one attached hydrogen (secondary N) is 1. The van der Waals surface area contributed by atoms with Gasteiger partial charge in [0.05, 0.1) is 17.8 Å². The smallest absolute Gasteiger partial charge is 0.346 e. The van der Waals surface area contributed by atoms with Crippen LogP contribution in [0.2, 0.25) is 0 Å². The lowest BCUT2D eigenvalue weighted by Gasteiger charge is -2.08. The van der Waals surface area contributed by atoms with Crippen LogP contribution in [-0.2, 0) is 12.7 Å². The largest absolute Gasteiger partial charge is 0.416 e. The van der Waals surface area contributed by atoms with Crippen molar-refractivity contribution in [3.05, 3.63) is 65.5 Å². The van der Waals surface area contributed by atoms with E-state index in [-0.39, 0.29) is 12.1 Å². The molecule has 0 bridgehead atoms. The number of amides is 1. The van der Waals surface area contributed by atoms with Gasteiger partial charge in [-0.1, -0.05) is 6.07 Å². The Hall–Kier alpha value is -2.37. The molecule has 0 aliphatic heterocycles. The number of halogens is 3. The molecule has 1 aromatic carbocycles. The molecule has 0 saturated carbocycles. The molecule has 0 aliphatic carbocycles. The SMILES string of the molecule is O=C(NCc1ccccn1)c1ccc(C(F)(F)F)cc1. The number of pyridine rings is 1. The van der Waals surface area contributed by atoms with E-state index in [4.69, 9.17) is 0 Å². The molecule has 0 aliphatic rings. The predicted molar refractivity (Wildman–Crippen MR) is 66.9 cm³/mol. The van der Waals surface area contributed by atoms with E-state index in [1.807, 2.05) is 0 Å². The van der Waals surface area contributed by atoms with Gasteiger partial charge >= 0.3 is 6.18 Å². The van der Waals surface area contributed by atoms with Crippen molar-refractivity contribution >= 4 is 5.91 Å². The van der Waals surface area contributed by atoms with E-state index in [0.29, 0.717) is 5.69 Å². The molecule has 0 radical (unpaired) electrons. The molecule has 104 valence electrons. The third-order valence-corrected chi connectivity index (χ3v) is 2.63. The van der Waals surface area contributed by atoms with Gasteiger partial charge < -0.3 is 5.32 Å². The zero-order chi connectivity index (χ0) is 14.6. The number of hydrogen-bond donors (Lipinski definition) is 1. The molecule has 0 fully saturated rings. The normalized spacial score (nSPS) is 11.2. The van der Waals surface area contributed by atoms with Crippen LogP contribution in [-0.4, -0.2) is 10.9 Å². The molecule has 1 amide bonds. The Kier molecular flexibility index (Phi) is 4.02. The minimum Gasteiger partial charge on any atom is -0.346 e. The summed E-state index contributed by atoms with van der Waals surface area (Å²) in [6.45, 7) is 0.223. The highest BCUT2D eigenvalue weighted by Crippen LogP contribution is 2.29. The fraction of sp³-hybridized carbons (Fsp3) is 0.143. The number of carbonyl (C=O) groups is 1. The Bertz CT molecular complexity index is 580. The van der Waals surface area contributed by atoms with Crippen LogP contribution in [0.3, 0.4) is 0 Å². The van der Waals surface area contributed by atoms with Crippen molar-refractivity contribution < 1.29 is 18.0 Å². The summed E-state index contributed by atoms with van der Waals surface area (Å²) < 4.78 is 37.1. The van der Waals surface area contributed by atoms with Gasteiger partial charge in [0, 0.05) is 11.8 Å². The number of benzene rings is 1. The highest BCUT2D eigenvalue weighted by molar-refractivity contribution is 5.94. The van der Waals surface area contributed by atoms with E-state index >= 15 is 0 Å². The standard InChI is InChI=1S/C14H11F3N2O/c15-14(16,17)11-6-4-10(5-7-11)13(20)19-9-12-3-1-2-8-18-12/h1-8H,9H2,(H,19,20). The molecule has 20 heavy (non-hydrogen) atoms. The first kappa shape index (κ1) is 14.0. The van der Waals surface area contributed by atoms with Gasteiger partial charge in [0.1, 0.15) is 0 Å². The van der Waals surface area contributed by atoms with Crippen LogP contribution in [0.4, 0.5) is 13.2 Å². The van der Waals surface area contributed by atoms with E-state index in [9.17, 15) is 18.0 Å². The molecule has 2 rings (SSSR count). The lowest BCUT2D eigenvalue weighted by molar-refractivity contribution is -0.137. The van der Waals surface area contributed by atoms with Crippen LogP contribution < -0.4 is 5.32 Å². The molecule has 0 saturated heterocycles. The molecule has 0 unspecified atom stereocenters. The molecule has 1 aromatic heterocycles. The van der Waals surface area contributed by atoms with Crippen LogP contribution in [0.15, 0.2) is 48.7 Å². The third-order valence-electron chi connectivity index (χ3n) is 2.63. The minimum atomic E-state index is -4.40. The molecular weight excluding hydrogens is 269 g/mol. The van der Waals surface area contributed by atoms with E-state index in [1.165, 1.54) is 0 Å². The first-order valence-electron chi connectivity index (χ1n) is 5.82. The summed E-state index contributed by atoms with van der Waals surface area (Å²) in [7, 11) is 0. The number of rotatable bonds is 3. The quantitative estimate of drug-likeness (QED) is 0.939. The van der Waals surface area contributed by atoms with Gasteiger partial charge in [-0.3, -0.25) is 9.78 Å². The lowest BCUT2D eigenvalue weighted by atomic mass is 10.1. The number of carbonyl (C=O) groups excluding carboxylic acids is 1. The fourth-order valence-electron chi connectivity index (χ4n) is 1.59. The first-order chi connectivity index (χ1) is 9.47. The first-order valence-corrected chi connectivity index (χ1v) is 5.82. The minimum absolute atomic E-state index is 0.175. The van der Waals surface area contributed by atoms with Crippen LogP contribution >= 0.6 is 0 Å². The highest BCUT2D eigenvalue weighted by Gasteiger charge is 2.30. The van der Waals surface area contributed by atoms with Gasteiger partial charge in [-0.05, 0) is 36.4 Å². The number of alkyl halides is 3. The molecule has 1 N–H and O–H groups in total. The summed E-state index contributed by atoms with van der Waals surface area (Å²) in [4.78, 5) is 15.8. The molecule has 2 aromatic rings. The zero-order valence-corrected chi connectivity index (χ0v) is 10.3. The second-order valence-corrected chi connectivity index (χ2v) is 4.08. The predicted octanol–water partition coefficient (Wildman–Crippen LogP) is 3.03. The molecule has 3 nitrogen and oxygen atoms in total. The summed E-state index contributed by atoms with van der Waals surface area (Å²) in [6, 6.07) is 9.35. The fourth-order valence-corrected chi connectivity index (χ4v) is 1.59. The number of hydrogen-bond acceptors (Lipinski definition) is 2. The van der Waals surface area contributed by atoms with Gasteiger partial charge in [0.2, 0.25) is 0 Å². The Morgan fingerprint density at radius 1 is 1.10 bits per heavy atom. The Labute approximate surface area is 113 Å². The van der Waals surface area contributed by atoms with E-state index in [2.05, 4.69) is 10.3 Å². The maximum atomic E-state index is 12.4. The summed E-state index contributed by atoms with van der Waals surface area (Å²) in [5.41, 5.74) is 0.0699. The van der Waals surface area contributed by atoms with Crippen LogP contribution in [0.25, 0.3) is 0 Å². The van der Waals surface area contributed by atoms with Crippen LogP contribution in [0.5, 0.6) is 0 Å². The molecule has 1 heterocycles. The maximum absolute atomic E-state index is 12.4. The van der Waals surface area contributed by atoms with E-state index < -0.39 is 17.6 Å². The molecule has 0 atom stereocenters. The molecular formula is C14H11F3N2O. The average Bonchev–Trinajstić information content (AvgIpc) is 2.45. The number of nitrogens with zero attached hydrogens (tertiary/aromatic N) is 1. The van der Waals surface area contributed by atoms with Crippen LogP contribution in [0, 0.1) is 0 Å². The van der Waals surface area contributed by atoms with Crippen molar-refractivity contribution in [2.24, 2.45) is 0 Å². The second-order valence-electron chi connectivity index (χ2n) is 4.08. The monoisotopic (exact) mass is 280 g/mol. The summed E-state index contributed by atoms with van der Waals surface area (Å²) in [5.74, 6) is -0.440. The Balaban J connectivity index is 1.99. The third kappa shape index (κ3) is 3.57. The van der Waals surface area contributed by atoms with E-state index in [0.717, 1.165) is 24.3 Å². The average molecular weight is 280 g/mol. The van der Waals surface area contributed by atoms with Gasteiger partial charge in [-0.2, -0.15) is 13.2 Å². The van der Waals surface area contributed by atoms with Gasteiger partial charge in [-0.15, -0.1) is 0 Å².